The molecule has 1 unspecified atom stereocenters. The van der Waals surface area contributed by atoms with Crippen LogP contribution < -0.4 is 10.1 Å². The molecule has 0 aromatic carbocycles. The predicted molar refractivity (Wildman–Crippen MR) is 87.7 cm³/mol. The van der Waals surface area contributed by atoms with Gasteiger partial charge in [0.2, 0.25) is 0 Å². The molecule has 1 atom stereocenters. The Bertz CT molecular complexity index is 683. The monoisotopic (exact) mass is 330 g/mol. The van der Waals surface area contributed by atoms with Crippen molar-refractivity contribution in [2.24, 2.45) is 5.92 Å². The Labute approximate surface area is 141 Å². The van der Waals surface area contributed by atoms with Gasteiger partial charge in [-0.2, -0.15) is 0 Å². The molecule has 0 bridgehead atoms. The number of carbonyl (C=O) groups excluding carboxylic acids is 1. The van der Waals surface area contributed by atoms with Crippen molar-refractivity contribution < 1.29 is 13.9 Å². The summed E-state index contributed by atoms with van der Waals surface area (Å²) < 4.78 is 10.1. The van der Waals surface area contributed by atoms with Crippen LogP contribution in [-0.2, 0) is 6.54 Å². The van der Waals surface area contributed by atoms with Gasteiger partial charge in [0.15, 0.2) is 0 Å². The lowest BCUT2D eigenvalue weighted by molar-refractivity contribution is 0.0945. The maximum Gasteiger partial charge on any atom is 0.316 e. The van der Waals surface area contributed by atoms with Crippen LogP contribution in [0.15, 0.2) is 29.1 Å². The first kappa shape index (κ1) is 16.4. The number of amides is 1. The average Bonchev–Trinajstić information content (AvgIpc) is 3.22. The summed E-state index contributed by atoms with van der Waals surface area (Å²) in [6.45, 7) is 5.26. The average molecular weight is 330 g/mol. The zero-order chi connectivity index (χ0) is 16.9. The van der Waals surface area contributed by atoms with Crippen LogP contribution in [0, 0.1) is 12.8 Å². The molecule has 0 saturated carbocycles. The second-order valence-corrected chi connectivity index (χ2v) is 6.07. The summed E-state index contributed by atoms with van der Waals surface area (Å²) >= 11 is 0. The Hall–Kier alpha value is -2.41. The fourth-order valence-electron chi connectivity index (χ4n) is 2.96. The van der Waals surface area contributed by atoms with E-state index in [9.17, 15) is 4.79 Å². The summed E-state index contributed by atoms with van der Waals surface area (Å²) in [5.74, 6) is 1.05. The molecule has 1 aliphatic heterocycles. The third-order valence-corrected chi connectivity index (χ3v) is 4.30. The number of likely N-dealkylation sites (tertiary alicyclic amines) is 1. The molecule has 1 N–H and O–H groups in total. The molecule has 128 valence electrons. The molecular weight excluding hydrogens is 308 g/mol. The Morgan fingerprint density at radius 3 is 2.92 bits per heavy atom. The number of carbonyl (C=O) groups is 1. The number of nitrogens with one attached hydrogen (secondary N) is 1. The number of methoxy groups -OCH3 is 1. The number of ether oxygens (including phenoxy) is 1. The van der Waals surface area contributed by atoms with Crippen molar-refractivity contribution in [3.63, 3.8) is 0 Å². The topological polar surface area (TPSA) is 80.5 Å². The predicted octanol–water partition coefficient (Wildman–Crippen LogP) is 1.64. The minimum absolute atomic E-state index is 0.0664. The lowest BCUT2D eigenvalue weighted by atomic mass is 10.1. The SMILES string of the molecule is COc1ncc(CN2CCC(CNC(=O)c3ccoc3C)C2)cn1. The molecule has 3 heterocycles. The fraction of sp³-hybridized carbons (Fsp3) is 0.471. The van der Waals surface area contributed by atoms with Crippen LogP contribution in [0.3, 0.4) is 0 Å². The summed E-state index contributed by atoms with van der Waals surface area (Å²) in [7, 11) is 1.55. The van der Waals surface area contributed by atoms with E-state index in [1.54, 1.807) is 38.8 Å². The van der Waals surface area contributed by atoms with E-state index >= 15 is 0 Å². The molecule has 7 nitrogen and oxygen atoms in total. The summed E-state index contributed by atoms with van der Waals surface area (Å²) in [6, 6.07) is 2.09. The van der Waals surface area contributed by atoms with Crippen molar-refractivity contribution in [1.82, 2.24) is 20.2 Å². The van der Waals surface area contributed by atoms with Gasteiger partial charge in [-0.25, -0.2) is 9.97 Å². The van der Waals surface area contributed by atoms with E-state index < -0.39 is 0 Å². The van der Waals surface area contributed by atoms with E-state index in [0.717, 1.165) is 31.6 Å². The molecule has 1 aliphatic rings. The van der Waals surface area contributed by atoms with E-state index in [-0.39, 0.29) is 5.91 Å². The second-order valence-electron chi connectivity index (χ2n) is 6.07. The van der Waals surface area contributed by atoms with Gasteiger partial charge in [-0.05, 0) is 31.9 Å². The summed E-state index contributed by atoms with van der Waals surface area (Å²) in [4.78, 5) is 22.7. The first-order valence-corrected chi connectivity index (χ1v) is 8.05. The van der Waals surface area contributed by atoms with E-state index in [0.29, 0.717) is 29.8 Å². The smallest absolute Gasteiger partial charge is 0.316 e. The van der Waals surface area contributed by atoms with Crippen molar-refractivity contribution in [2.75, 3.05) is 26.7 Å². The highest BCUT2D eigenvalue weighted by molar-refractivity contribution is 5.95. The molecule has 24 heavy (non-hydrogen) atoms. The van der Waals surface area contributed by atoms with Crippen LogP contribution in [0.4, 0.5) is 0 Å². The van der Waals surface area contributed by atoms with Crippen LogP contribution in [0.5, 0.6) is 6.01 Å². The van der Waals surface area contributed by atoms with Crippen LogP contribution >= 0.6 is 0 Å². The Morgan fingerprint density at radius 1 is 1.46 bits per heavy atom. The molecular formula is C17H22N4O3. The first-order valence-electron chi connectivity index (χ1n) is 8.05. The zero-order valence-corrected chi connectivity index (χ0v) is 14.0. The summed E-state index contributed by atoms with van der Waals surface area (Å²) in [5, 5.41) is 3.00. The number of aromatic nitrogens is 2. The molecule has 0 radical (unpaired) electrons. The van der Waals surface area contributed by atoms with Crippen LogP contribution in [0.25, 0.3) is 0 Å². The third-order valence-electron chi connectivity index (χ3n) is 4.30. The maximum atomic E-state index is 12.1. The number of aryl methyl sites for hydroxylation is 1. The largest absolute Gasteiger partial charge is 0.469 e. The van der Waals surface area contributed by atoms with E-state index in [1.165, 1.54) is 0 Å². The Balaban J connectivity index is 1.45. The van der Waals surface area contributed by atoms with Crippen LogP contribution in [-0.4, -0.2) is 47.5 Å². The number of hydrogen-bond donors (Lipinski definition) is 1. The zero-order valence-electron chi connectivity index (χ0n) is 14.0. The molecule has 1 amide bonds. The fourth-order valence-corrected chi connectivity index (χ4v) is 2.96. The van der Waals surface area contributed by atoms with Crippen molar-refractivity contribution in [2.45, 2.75) is 19.9 Å². The lowest BCUT2D eigenvalue weighted by Gasteiger charge is -2.16. The Morgan fingerprint density at radius 2 is 2.25 bits per heavy atom. The van der Waals surface area contributed by atoms with Gasteiger partial charge in [0.05, 0.1) is 18.9 Å². The molecule has 3 rings (SSSR count). The maximum absolute atomic E-state index is 12.1. The highest BCUT2D eigenvalue weighted by Gasteiger charge is 2.23. The van der Waals surface area contributed by atoms with Gasteiger partial charge in [0, 0.05) is 37.6 Å². The molecule has 2 aromatic heterocycles. The van der Waals surface area contributed by atoms with Gasteiger partial charge in [0.1, 0.15) is 5.76 Å². The van der Waals surface area contributed by atoms with Gasteiger partial charge in [0.25, 0.3) is 5.91 Å². The minimum atomic E-state index is -0.0664. The molecule has 7 heteroatoms. The van der Waals surface area contributed by atoms with Gasteiger partial charge < -0.3 is 14.5 Å². The standard InChI is InChI=1S/C17H22N4O3/c1-12-15(4-6-24-12)16(22)18-7-13-3-5-21(10-13)11-14-8-19-17(23-2)20-9-14/h4,6,8-9,13H,3,5,7,10-11H2,1-2H3,(H,18,22). The van der Waals surface area contributed by atoms with E-state index in [4.69, 9.17) is 9.15 Å². The van der Waals surface area contributed by atoms with Crippen molar-refractivity contribution >= 4 is 5.91 Å². The quantitative estimate of drug-likeness (QED) is 0.867. The second kappa shape index (κ2) is 7.44. The third kappa shape index (κ3) is 3.91. The lowest BCUT2D eigenvalue weighted by Crippen LogP contribution is -2.31. The van der Waals surface area contributed by atoms with Crippen molar-refractivity contribution in [3.05, 3.63) is 41.6 Å². The van der Waals surface area contributed by atoms with Crippen LogP contribution in [0.1, 0.15) is 28.1 Å². The molecule has 0 spiro atoms. The van der Waals surface area contributed by atoms with E-state index in [1.807, 2.05) is 0 Å². The van der Waals surface area contributed by atoms with Gasteiger partial charge in [-0.15, -0.1) is 0 Å². The Kier molecular flexibility index (Phi) is 5.10. The summed E-state index contributed by atoms with van der Waals surface area (Å²) in [5.41, 5.74) is 1.68. The number of nitrogens with zero attached hydrogens (tertiary/aromatic N) is 3. The van der Waals surface area contributed by atoms with Crippen LogP contribution in [0.2, 0.25) is 0 Å². The number of hydrogen-bond acceptors (Lipinski definition) is 6. The molecule has 1 saturated heterocycles. The normalized spacial score (nSPS) is 17.8. The molecule has 1 fully saturated rings. The first-order chi connectivity index (χ1) is 11.7. The molecule has 2 aromatic rings. The number of furan rings is 1. The highest BCUT2D eigenvalue weighted by Crippen LogP contribution is 2.18. The summed E-state index contributed by atoms with van der Waals surface area (Å²) in [6.07, 6.45) is 6.20. The van der Waals surface area contributed by atoms with Gasteiger partial charge in [-0.1, -0.05) is 0 Å². The van der Waals surface area contributed by atoms with Crippen molar-refractivity contribution in [1.29, 1.82) is 0 Å². The minimum Gasteiger partial charge on any atom is -0.469 e. The van der Waals surface area contributed by atoms with Crippen molar-refractivity contribution in [3.8, 4) is 6.01 Å². The van der Waals surface area contributed by atoms with Gasteiger partial charge >= 0.3 is 6.01 Å². The number of rotatable bonds is 6. The van der Waals surface area contributed by atoms with Gasteiger partial charge in [-0.3, -0.25) is 9.69 Å². The highest BCUT2D eigenvalue weighted by atomic mass is 16.5. The molecule has 0 aliphatic carbocycles. The van der Waals surface area contributed by atoms with E-state index in [2.05, 4.69) is 20.2 Å².